The first-order chi connectivity index (χ1) is 10.3. The standard InChI is InChI=1S/C16H17BrN4/c17-13-5-3-4-12(8-13)9-14(20-18)10-21-11-19-15-6-1-2-7-16(15)21/h1-8,11,14,20H,9-10,18H2. The number of hydrazine groups is 1. The van der Waals surface area contributed by atoms with E-state index in [2.05, 4.69) is 49.1 Å². The van der Waals surface area contributed by atoms with Gasteiger partial charge >= 0.3 is 0 Å². The normalized spacial score (nSPS) is 12.7. The summed E-state index contributed by atoms with van der Waals surface area (Å²) in [6.07, 6.45) is 2.73. The van der Waals surface area contributed by atoms with Gasteiger partial charge in [0.15, 0.2) is 0 Å². The van der Waals surface area contributed by atoms with Gasteiger partial charge in [-0.25, -0.2) is 4.98 Å². The van der Waals surface area contributed by atoms with Gasteiger partial charge in [-0.2, -0.15) is 0 Å². The van der Waals surface area contributed by atoms with Gasteiger partial charge in [-0.05, 0) is 36.2 Å². The summed E-state index contributed by atoms with van der Waals surface area (Å²) in [6.45, 7) is 0.781. The Morgan fingerprint density at radius 1 is 1.19 bits per heavy atom. The van der Waals surface area contributed by atoms with Crippen molar-refractivity contribution in [3.8, 4) is 0 Å². The van der Waals surface area contributed by atoms with Gasteiger partial charge in [0.2, 0.25) is 0 Å². The topological polar surface area (TPSA) is 55.9 Å². The number of hydrogen-bond acceptors (Lipinski definition) is 3. The Bertz CT molecular complexity index is 738. The molecule has 108 valence electrons. The first-order valence-electron chi connectivity index (χ1n) is 6.86. The number of aromatic nitrogens is 2. The van der Waals surface area contributed by atoms with Crippen LogP contribution in [0, 0.1) is 0 Å². The highest BCUT2D eigenvalue weighted by Crippen LogP contribution is 2.15. The monoisotopic (exact) mass is 344 g/mol. The molecule has 0 aliphatic heterocycles. The minimum absolute atomic E-state index is 0.150. The number of nitrogens with one attached hydrogen (secondary N) is 1. The third kappa shape index (κ3) is 3.32. The quantitative estimate of drug-likeness (QED) is 0.552. The Labute approximate surface area is 132 Å². The zero-order chi connectivity index (χ0) is 14.7. The van der Waals surface area contributed by atoms with E-state index >= 15 is 0 Å². The van der Waals surface area contributed by atoms with E-state index in [1.807, 2.05) is 36.7 Å². The van der Waals surface area contributed by atoms with Crippen molar-refractivity contribution in [2.24, 2.45) is 5.84 Å². The molecule has 3 N–H and O–H groups in total. The van der Waals surface area contributed by atoms with Gasteiger partial charge in [0.25, 0.3) is 0 Å². The molecule has 3 rings (SSSR count). The van der Waals surface area contributed by atoms with Crippen molar-refractivity contribution < 1.29 is 0 Å². The largest absolute Gasteiger partial charge is 0.329 e. The molecule has 1 aromatic heterocycles. The molecular formula is C16H17BrN4. The molecule has 4 nitrogen and oxygen atoms in total. The Hall–Kier alpha value is -1.69. The molecule has 0 radical (unpaired) electrons. The predicted octanol–water partition coefficient (Wildman–Crippen LogP) is 2.87. The molecule has 5 heteroatoms. The van der Waals surface area contributed by atoms with Gasteiger partial charge in [0.1, 0.15) is 0 Å². The van der Waals surface area contributed by atoms with E-state index in [0.29, 0.717) is 0 Å². The van der Waals surface area contributed by atoms with Crippen LogP contribution in [0.3, 0.4) is 0 Å². The number of rotatable bonds is 5. The van der Waals surface area contributed by atoms with Crippen LogP contribution >= 0.6 is 15.9 Å². The molecule has 1 heterocycles. The van der Waals surface area contributed by atoms with E-state index in [9.17, 15) is 0 Å². The number of para-hydroxylation sites is 2. The molecule has 0 fully saturated rings. The predicted molar refractivity (Wildman–Crippen MR) is 88.7 cm³/mol. The Morgan fingerprint density at radius 3 is 2.86 bits per heavy atom. The van der Waals surface area contributed by atoms with Gasteiger partial charge in [0.05, 0.1) is 17.4 Å². The summed E-state index contributed by atoms with van der Waals surface area (Å²) in [4.78, 5) is 4.41. The lowest BCUT2D eigenvalue weighted by Gasteiger charge is -2.17. The first kappa shape index (κ1) is 14.3. The molecule has 0 bridgehead atoms. The second kappa shape index (κ2) is 6.39. The van der Waals surface area contributed by atoms with E-state index in [1.54, 1.807) is 0 Å². The molecule has 1 unspecified atom stereocenters. The molecule has 2 aromatic carbocycles. The summed E-state index contributed by atoms with van der Waals surface area (Å²) in [5.41, 5.74) is 6.30. The maximum Gasteiger partial charge on any atom is 0.0958 e. The molecular weight excluding hydrogens is 328 g/mol. The average molecular weight is 345 g/mol. The number of nitrogens with zero attached hydrogens (tertiary/aromatic N) is 2. The lowest BCUT2D eigenvalue weighted by atomic mass is 10.1. The van der Waals surface area contributed by atoms with E-state index < -0.39 is 0 Å². The van der Waals surface area contributed by atoms with E-state index in [-0.39, 0.29) is 6.04 Å². The number of benzene rings is 2. The smallest absolute Gasteiger partial charge is 0.0958 e. The summed E-state index contributed by atoms with van der Waals surface area (Å²) < 4.78 is 3.22. The first-order valence-corrected chi connectivity index (χ1v) is 7.66. The maximum atomic E-state index is 5.72. The molecule has 0 saturated heterocycles. The van der Waals surface area contributed by atoms with Crippen LogP contribution in [0.25, 0.3) is 11.0 Å². The summed E-state index contributed by atoms with van der Waals surface area (Å²) in [5, 5.41) is 0. The number of hydrogen-bond donors (Lipinski definition) is 2. The van der Waals surface area contributed by atoms with Gasteiger partial charge < -0.3 is 4.57 Å². The number of imidazole rings is 1. The molecule has 21 heavy (non-hydrogen) atoms. The van der Waals surface area contributed by atoms with Gasteiger partial charge in [-0.3, -0.25) is 11.3 Å². The fourth-order valence-electron chi connectivity index (χ4n) is 2.52. The summed E-state index contributed by atoms with van der Waals surface area (Å²) in [7, 11) is 0. The van der Waals surface area contributed by atoms with Crippen molar-refractivity contribution in [1.82, 2.24) is 15.0 Å². The average Bonchev–Trinajstić information content (AvgIpc) is 2.90. The molecule has 0 spiro atoms. The second-order valence-electron chi connectivity index (χ2n) is 5.08. The van der Waals surface area contributed by atoms with Crippen LogP contribution in [-0.4, -0.2) is 15.6 Å². The Balaban J connectivity index is 1.78. The van der Waals surface area contributed by atoms with Crippen molar-refractivity contribution in [2.75, 3.05) is 0 Å². The third-order valence-corrected chi connectivity index (χ3v) is 4.04. The van der Waals surface area contributed by atoms with E-state index in [4.69, 9.17) is 5.84 Å². The summed E-state index contributed by atoms with van der Waals surface area (Å²) >= 11 is 3.50. The zero-order valence-corrected chi connectivity index (χ0v) is 13.1. The maximum absolute atomic E-state index is 5.72. The van der Waals surface area contributed by atoms with Crippen molar-refractivity contribution >= 4 is 27.0 Å². The molecule has 3 aromatic rings. The number of halogens is 1. The molecule has 1 atom stereocenters. The summed E-state index contributed by atoms with van der Waals surface area (Å²) in [5.74, 6) is 5.72. The fraction of sp³-hybridized carbons (Fsp3) is 0.188. The molecule has 0 aliphatic rings. The highest BCUT2D eigenvalue weighted by molar-refractivity contribution is 9.10. The van der Waals surface area contributed by atoms with Crippen LogP contribution in [0.5, 0.6) is 0 Å². The van der Waals surface area contributed by atoms with Crippen LogP contribution in [0.2, 0.25) is 0 Å². The third-order valence-electron chi connectivity index (χ3n) is 3.55. The molecule has 0 amide bonds. The highest BCUT2D eigenvalue weighted by atomic mass is 79.9. The van der Waals surface area contributed by atoms with Crippen molar-refractivity contribution in [3.05, 3.63) is 64.9 Å². The molecule has 0 saturated carbocycles. The van der Waals surface area contributed by atoms with Crippen LogP contribution < -0.4 is 11.3 Å². The van der Waals surface area contributed by atoms with Crippen LogP contribution in [0.1, 0.15) is 5.56 Å². The zero-order valence-electron chi connectivity index (χ0n) is 11.5. The summed E-state index contributed by atoms with van der Waals surface area (Å²) in [6, 6.07) is 16.6. The lowest BCUT2D eigenvalue weighted by molar-refractivity contribution is 0.460. The number of fused-ring (bicyclic) bond motifs is 1. The van der Waals surface area contributed by atoms with Gasteiger partial charge in [-0.1, -0.05) is 40.2 Å². The van der Waals surface area contributed by atoms with Gasteiger partial charge in [-0.15, -0.1) is 0 Å². The van der Waals surface area contributed by atoms with Gasteiger partial charge in [0, 0.05) is 17.1 Å². The Kier molecular flexibility index (Phi) is 4.34. The van der Waals surface area contributed by atoms with E-state index in [1.165, 1.54) is 5.56 Å². The number of nitrogens with two attached hydrogens (primary N) is 1. The minimum atomic E-state index is 0.150. The minimum Gasteiger partial charge on any atom is -0.329 e. The van der Waals surface area contributed by atoms with Crippen molar-refractivity contribution in [1.29, 1.82) is 0 Å². The lowest BCUT2D eigenvalue weighted by Crippen LogP contribution is -2.39. The van der Waals surface area contributed by atoms with E-state index in [0.717, 1.165) is 28.5 Å². The van der Waals surface area contributed by atoms with Crippen LogP contribution in [0.4, 0.5) is 0 Å². The fourth-order valence-corrected chi connectivity index (χ4v) is 2.96. The highest BCUT2D eigenvalue weighted by Gasteiger charge is 2.11. The van der Waals surface area contributed by atoms with Crippen LogP contribution in [-0.2, 0) is 13.0 Å². The van der Waals surface area contributed by atoms with Crippen molar-refractivity contribution in [3.63, 3.8) is 0 Å². The second-order valence-corrected chi connectivity index (χ2v) is 6.00. The van der Waals surface area contributed by atoms with Crippen LogP contribution in [0.15, 0.2) is 59.3 Å². The molecule has 0 aliphatic carbocycles. The van der Waals surface area contributed by atoms with Crippen molar-refractivity contribution in [2.45, 2.75) is 19.0 Å². The SMILES string of the molecule is NNC(Cc1cccc(Br)c1)Cn1cnc2ccccc21. The Morgan fingerprint density at radius 2 is 2.05 bits per heavy atom.